The molecule has 1 aromatic heterocycles. The van der Waals surface area contributed by atoms with Crippen molar-refractivity contribution in [3.8, 4) is 0 Å². The van der Waals surface area contributed by atoms with Crippen molar-refractivity contribution in [3.63, 3.8) is 0 Å². The Bertz CT molecular complexity index is 1030. The Balaban J connectivity index is 2.30. The minimum absolute atomic E-state index is 0.0856. The fourth-order valence-corrected chi connectivity index (χ4v) is 2.80. The molecule has 96 valence electrons. The zero-order chi connectivity index (χ0) is 13.7. The molecule has 0 aliphatic heterocycles. The minimum atomic E-state index is -0.0856. The molecule has 20 heavy (non-hydrogen) atoms. The van der Waals surface area contributed by atoms with Gasteiger partial charge in [0.1, 0.15) is 11.2 Å². The maximum atomic E-state index is 12.6. The minimum Gasteiger partial charge on any atom is -0.456 e. The van der Waals surface area contributed by atoms with Crippen LogP contribution in [0, 0.1) is 0 Å². The molecular formula is C17H9ClO2. The first-order valence-corrected chi connectivity index (χ1v) is 6.66. The molecule has 0 fully saturated rings. The van der Waals surface area contributed by atoms with E-state index in [9.17, 15) is 4.79 Å². The molecule has 0 atom stereocenters. The Morgan fingerprint density at radius 2 is 1.60 bits per heavy atom. The molecule has 0 radical (unpaired) electrons. The quantitative estimate of drug-likeness (QED) is 0.435. The van der Waals surface area contributed by atoms with Crippen LogP contribution >= 0.6 is 11.6 Å². The van der Waals surface area contributed by atoms with Crippen molar-refractivity contribution in [2.24, 2.45) is 0 Å². The lowest BCUT2D eigenvalue weighted by molar-refractivity contribution is 0.660. The molecule has 0 amide bonds. The van der Waals surface area contributed by atoms with Gasteiger partial charge in [0.2, 0.25) is 5.43 Å². The van der Waals surface area contributed by atoms with E-state index in [0.717, 1.165) is 10.8 Å². The van der Waals surface area contributed by atoms with Gasteiger partial charge in [0.25, 0.3) is 0 Å². The van der Waals surface area contributed by atoms with Crippen molar-refractivity contribution < 1.29 is 4.42 Å². The van der Waals surface area contributed by atoms with Crippen molar-refractivity contribution >= 4 is 44.3 Å². The third-order valence-electron chi connectivity index (χ3n) is 3.51. The van der Waals surface area contributed by atoms with Crippen molar-refractivity contribution in [1.29, 1.82) is 0 Å². The van der Waals surface area contributed by atoms with E-state index in [0.29, 0.717) is 27.0 Å². The van der Waals surface area contributed by atoms with Gasteiger partial charge in [-0.2, -0.15) is 0 Å². The van der Waals surface area contributed by atoms with Gasteiger partial charge in [-0.3, -0.25) is 4.79 Å². The number of hydrogen-bond acceptors (Lipinski definition) is 2. The molecular weight excluding hydrogens is 272 g/mol. The summed E-state index contributed by atoms with van der Waals surface area (Å²) in [6.07, 6.45) is 0. The van der Waals surface area contributed by atoms with Crippen molar-refractivity contribution in [3.05, 3.63) is 69.8 Å². The molecule has 0 bridgehead atoms. The number of hydrogen-bond donors (Lipinski definition) is 0. The lowest BCUT2D eigenvalue weighted by atomic mass is 10.1. The summed E-state index contributed by atoms with van der Waals surface area (Å²) in [5.41, 5.74) is 1.02. The summed E-state index contributed by atoms with van der Waals surface area (Å²) in [5, 5.41) is 3.48. The molecule has 0 aliphatic carbocycles. The summed E-state index contributed by atoms with van der Waals surface area (Å²) in [6, 6.07) is 16.9. The first kappa shape index (κ1) is 11.5. The maximum Gasteiger partial charge on any atom is 0.202 e. The molecule has 0 unspecified atom stereocenters. The van der Waals surface area contributed by atoms with Crippen LogP contribution in [0.1, 0.15) is 0 Å². The highest BCUT2D eigenvalue weighted by molar-refractivity contribution is 6.35. The largest absolute Gasteiger partial charge is 0.456 e. The van der Waals surface area contributed by atoms with E-state index in [4.69, 9.17) is 16.0 Å². The number of benzene rings is 3. The maximum absolute atomic E-state index is 12.6. The Hall–Kier alpha value is -2.32. The summed E-state index contributed by atoms with van der Waals surface area (Å²) in [5.74, 6) is 0. The van der Waals surface area contributed by atoms with Gasteiger partial charge in [0, 0.05) is 0 Å². The highest BCUT2D eigenvalue weighted by Gasteiger charge is 2.11. The van der Waals surface area contributed by atoms with Crippen molar-refractivity contribution in [2.75, 3.05) is 0 Å². The molecule has 4 rings (SSSR count). The van der Waals surface area contributed by atoms with Crippen molar-refractivity contribution in [1.82, 2.24) is 0 Å². The second kappa shape index (κ2) is 4.09. The first-order chi connectivity index (χ1) is 9.74. The fourth-order valence-electron chi connectivity index (χ4n) is 2.54. The molecule has 0 saturated heterocycles. The highest BCUT2D eigenvalue weighted by atomic mass is 35.5. The Labute approximate surface area is 119 Å². The second-order valence-electron chi connectivity index (χ2n) is 4.74. The normalized spacial score (nSPS) is 11.4. The van der Waals surface area contributed by atoms with E-state index in [1.807, 2.05) is 36.4 Å². The second-order valence-corrected chi connectivity index (χ2v) is 5.15. The lowest BCUT2D eigenvalue weighted by Gasteiger charge is -2.04. The SMILES string of the molecule is O=c1c2cc3ccccc3cc2oc2cccc(Cl)c12. The summed E-state index contributed by atoms with van der Waals surface area (Å²) in [6.45, 7) is 0. The highest BCUT2D eigenvalue weighted by Crippen LogP contribution is 2.27. The molecule has 0 spiro atoms. The molecule has 2 nitrogen and oxygen atoms in total. The number of fused-ring (bicyclic) bond motifs is 3. The van der Waals surface area contributed by atoms with E-state index in [-0.39, 0.29) is 5.43 Å². The van der Waals surface area contributed by atoms with E-state index in [1.54, 1.807) is 18.2 Å². The standard InChI is InChI=1S/C17H9ClO2/c18-13-6-3-7-14-16(13)17(19)12-8-10-4-1-2-5-11(10)9-15(12)20-14/h1-9H. The summed E-state index contributed by atoms with van der Waals surface area (Å²) < 4.78 is 5.83. The number of rotatable bonds is 0. The van der Waals surface area contributed by atoms with E-state index in [1.165, 1.54) is 0 Å². The Morgan fingerprint density at radius 3 is 2.40 bits per heavy atom. The van der Waals surface area contributed by atoms with Crippen LogP contribution in [0.3, 0.4) is 0 Å². The predicted octanol–water partition coefficient (Wildman–Crippen LogP) is 4.75. The average molecular weight is 281 g/mol. The molecule has 0 saturated carbocycles. The Kier molecular flexibility index (Phi) is 2.35. The van der Waals surface area contributed by atoms with Crippen LogP contribution in [0.15, 0.2) is 63.8 Å². The molecule has 0 N–H and O–H groups in total. The third-order valence-corrected chi connectivity index (χ3v) is 3.83. The first-order valence-electron chi connectivity index (χ1n) is 6.28. The molecule has 0 aliphatic rings. The molecule has 3 aromatic carbocycles. The Morgan fingerprint density at radius 1 is 0.850 bits per heavy atom. The van der Waals surface area contributed by atoms with Gasteiger partial charge >= 0.3 is 0 Å². The van der Waals surface area contributed by atoms with Crippen LogP contribution in [-0.4, -0.2) is 0 Å². The van der Waals surface area contributed by atoms with E-state index >= 15 is 0 Å². The zero-order valence-electron chi connectivity index (χ0n) is 10.4. The smallest absolute Gasteiger partial charge is 0.202 e. The molecule has 4 aromatic rings. The zero-order valence-corrected chi connectivity index (χ0v) is 11.1. The average Bonchev–Trinajstić information content (AvgIpc) is 2.46. The van der Waals surface area contributed by atoms with Gasteiger partial charge < -0.3 is 4.42 Å². The van der Waals surface area contributed by atoms with Crippen LogP contribution in [0.25, 0.3) is 32.7 Å². The summed E-state index contributed by atoms with van der Waals surface area (Å²) in [7, 11) is 0. The predicted molar refractivity (Wildman–Crippen MR) is 82.5 cm³/mol. The van der Waals surface area contributed by atoms with Gasteiger partial charge in [-0.1, -0.05) is 41.9 Å². The van der Waals surface area contributed by atoms with Gasteiger partial charge in [0.05, 0.1) is 15.8 Å². The van der Waals surface area contributed by atoms with Crippen LogP contribution in [0.5, 0.6) is 0 Å². The van der Waals surface area contributed by atoms with Gasteiger partial charge in [0.15, 0.2) is 0 Å². The van der Waals surface area contributed by atoms with E-state index < -0.39 is 0 Å². The van der Waals surface area contributed by atoms with Gasteiger partial charge in [-0.05, 0) is 35.0 Å². The molecule has 1 heterocycles. The van der Waals surface area contributed by atoms with Crippen LogP contribution in [-0.2, 0) is 0 Å². The van der Waals surface area contributed by atoms with Crippen LogP contribution < -0.4 is 5.43 Å². The van der Waals surface area contributed by atoms with E-state index in [2.05, 4.69) is 0 Å². The van der Waals surface area contributed by atoms with Crippen LogP contribution in [0.2, 0.25) is 5.02 Å². The van der Waals surface area contributed by atoms with Crippen molar-refractivity contribution in [2.45, 2.75) is 0 Å². The summed E-state index contributed by atoms with van der Waals surface area (Å²) in [4.78, 5) is 12.6. The van der Waals surface area contributed by atoms with Crippen LogP contribution in [0.4, 0.5) is 0 Å². The lowest BCUT2D eigenvalue weighted by Crippen LogP contribution is -2.02. The van der Waals surface area contributed by atoms with Gasteiger partial charge in [-0.25, -0.2) is 0 Å². The molecule has 3 heteroatoms. The number of halogens is 1. The monoisotopic (exact) mass is 280 g/mol. The van der Waals surface area contributed by atoms with Gasteiger partial charge in [-0.15, -0.1) is 0 Å². The third kappa shape index (κ3) is 1.55. The topological polar surface area (TPSA) is 30.2 Å². The summed E-state index contributed by atoms with van der Waals surface area (Å²) >= 11 is 6.12. The fraction of sp³-hybridized carbons (Fsp3) is 0.